The van der Waals surface area contributed by atoms with Crippen molar-refractivity contribution in [1.29, 1.82) is 0 Å². The molecule has 2 aromatic carbocycles. The van der Waals surface area contributed by atoms with Crippen molar-refractivity contribution < 1.29 is 28.5 Å². The number of methoxy groups -OCH3 is 1. The molecule has 0 saturated heterocycles. The van der Waals surface area contributed by atoms with Crippen molar-refractivity contribution in [2.24, 2.45) is 5.73 Å². The van der Waals surface area contributed by atoms with Crippen LogP contribution in [0.15, 0.2) is 36.4 Å². The van der Waals surface area contributed by atoms with E-state index in [1.54, 1.807) is 24.3 Å². The molecule has 3 N–H and O–H groups in total. The molecule has 1 aliphatic heterocycles. The van der Waals surface area contributed by atoms with E-state index in [4.69, 9.17) is 24.7 Å². The molecule has 0 saturated carbocycles. The highest BCUT2D eigenvalue weighted by Gasteiger charge is 2.16. The maximum absolute atomic E-state index is 12.4. The Bertz CT molecular complexity index is 821. The Hall–Kier alpha value is -3.42. The van der Waals surface area contributed by atoms with Gasteiger partial charge in [-0.15, -0.1) is 0 Å². The molecule has 3 rings (SSSR count). The van der Waals surface area contributed by atoms with E-state index in [1.165, 1.54) is 19.2 Å². The molecule has 1 aliphatic rings. The number of carbonyl (C=O) groups excluding carboxylic acids is 2. The van der Waals surface area contributed by atoms with Crippen LogP contribution in [0.1, 0.15) is 10.4 Å². The summed E-state index contributed by atoms with van der Waals surface area (Å²) < 4.78 is 20.9. The van der Waals surface area contributed by atoms with Crippen LogP contribution in [0.2, 0.25) is 0 Å². The first-order chi connectivity index (χ1) is 12.1. The number of hydrogen-bond acceptors (Lipinski definition) is 6. The minimum atomic E-state index is -0.605. The second kappa shape index (κ2) is 7.00. The van der Waals surface area contributed by atoms with Crippen LogP contribution in [0.3, 0.4) is 0 Å². The van der Waals surface area contributed by atoms with Crippen LogP contribution in [-0.4, -0.2) is 32.3 Å². The van der Waals surface area contributed by atoms with Crippen LogP contribution in [0, 0.1) is 0 Å². The molecule has 25 heavy (non-hydrogen) atoms. The van der Waals surface area contributed by atoms with E-state index in [0.29, 0.717) is 34.2 Å². The van der Waals surface area contributed by atoms with Crippen LogP contribution >= 0.6 is 0 Å². The van der Waals surface area contributed by atoms with E-state index in [1.807, 2.05) is 0 Å². The van der Waals surface area contributed by atoms with Gasteiger partial charge in [-0.2, -0.15) is 0 Å². The molecule has 130 valence electrons. The molecule has 0 aliphatic carbocycles. The van der Waals surface area contributed by atoms with Crippen LogP contribution < -0.4 is 30.0 Å². The molecular weight excluding hydrogens is 328 g/mol. The number of nitrogens with one attached hydrogen (secondary N) is 1. The van der Waals surface area contributed by atoms with E-state index >= 15 is 0 Å². The average Bonchev–Trinajstić information content (AvgIpc) is 3.07. The van der Waals surface area contributed by atoms with E-state index in [9.17, 15) is 9.59 Å². The topological polar surface area (TPSA) is 109 Å². The zero-order chi connectivity index (χ0) is 17.8. The number of nitrogens with two attached hydrogens (primary N) is 1. The summed E-state index contributed by atoms with van der Waals surface area (Å²) in [6.45, 7) is -0.115. The van der Waals surface area contributed by atoms with Gasteiger partial charge in [-0.3, -0.25) is 9.59 Å². The van der Waals surface area contributed by atoms with E-state index in [-0.39, 0.29) is 19.3 Å². The molecule has 0 spiro atoms. The van der Waals surface area contributed by atoms with Crippen molar-refractivity contribution in [3.63, 3.8) is 0 Å². The van der Waals surface area contributed by atoms with Crippen molar-refractivity contribution in [3.8, 4) is 23.0 Å². The number of rotatable bonds is 6. The lowest BCUT2D eigenvalue weighted by Gasteiger charge is -2.11. The normalized spacial score (nSPS) is 11.7. The predicted molar refractivity (Wildman–Crippen MR) is 88.2 cm³/mol. The second-order valence-electron chi connectivity index (χ2n) is 5.14. The first-order valence-corrected chi connectivity index (χ1v) is 7.37. The fourth-order valence-corrected chi connectivity index (χ4v) is 2.25. The summed E-state index contributed by atoms with van der Waals surface area (Å²) in [5.74, 6) is 0.909. The van der Waals surface area contributed by atoms with Gasteiger partial charge in [0.15, 0.2) is 29.6 Å². The SMILES string of the molecule is COc1cc(C(=O)Nc2ccc3c(c2)OCO3)ccc1OCC(N)=O. The molecule has 0 bridgehead atoms. The minimum absolute atomic E-state index is 0.163. The highest BCUT2D eigenvalue weighted by atomic mass is 16.7. The fraction of sp³-hybridized carbons (Fsp3) is 0.176. The van der Waals surface area contributed by atoms with Crippen molar-refractivity contribution in [2.75, 3.05) is 25.8 Å². The number of primary amides is 1. The molecule has 0 aromatic heterocycles. The van der Waals surface area contributed by atoms with Gasteiger partial charge in [0.2, 0.25) is 6.79 Å². The Morgan fingerprint density at radius 1 is 1.12 bits per heavy atom. The summed E-state index contributed by atoms with van der Waals surface area (Å²) in [4.78, 5) is 23.2. The zero-order valence-corrected chi connectivity index (χ0v) is 13.4. The lowest BCUT2D eigenvalue weighted by molar-refractivity contribution is -0.119. The highest BCUT2D eigenvalue weighted by Crippen LogP contribution is 2.34. The number of anilines is 1. The Morgan fingerprint density at radius 2 is 1.92 bits per heavy atom. The molecular formula is C17H16N2O6. The van der Waals surface area contributed by atoms with Gasteiger partial charge in [-0.25, -0.2) is 0 Å². The maximum Gasteiger partial charge on any atom is 0.255 e. The molecule has 1 heterocycles. The van der Waals surface area contributed by atoms with Crippen LogP contribution in [0.25, 0.3) is 0 Å². The smallest absolute Gasteiger partial charge is 0.255 e. The Labute approximate surface area is 143 Å². The van der Waals surface area contributed by atoms with Gasteiger partial charge in [0.05, 0.1) is 7.11 Å². The summed E-state index contributed by atoms with van der Waals surface area (Å²) in [5, 5.41) is 2.76. The first-order valence-electron chi connectivity index (χ1n) is 7.37. The van der Waals surface area contributed by atoms with Gasteiger partial charge in [-0.05, 0) is 30.3 Å². The molecule has 2 amide bonds. The highest BCUT2D eigenvalue weighted by molar-refractivity contribution is 6.04. The van der Waals surface area contributed by atoms with Crippen molar-refractivity contribution in [3.05, 3.63) is 42.0 Å². The summed E-state index contributed by atoms with van der Waals surface area (Å²) in [6, 6.07) is 9.73. The maximum atomic E-state index is 12.4. The van der Waals surface area contributed by atoms with E-state index in [2.05, 4.69) is 5.32 Å². The first kappa shape index (κ1) is 16.4. The number of ether oxygens (including phenoxy) is 4. The Kier molecular flexibility index (Phi) is 4.60. The van der Waals surface area contributed by atoms with Crippen molar-refractivity contribution in [1.82, 2.24) is 0 Å². The third-order valence-electron chi connectivity index (χ3n) is 3.43. The molecule has 8 heteroatoms. The van der Waals surface area contributed by atoms with Crippen molar-refractivity contribution in [2.45, 2.75) is 0 Å². The molecule has 0 atom stereocenters. The van der Waals surface area contributed by atoms with Gasteiger partial charge in [0, 0.05) is 17.3 Å². The summed E-state index contributed by atoms with van der Waals surface area (Å²) >= 11 is 0. The third-order valence-corrected chi connectivity index (χ3v) is 3.43. The number of amides is 2. The lowest BCUT2D eigenvalue weighted by atomic mass is 10.1. The van der Waals surface area contributed by atoms with Crippen molar-refractivity contribution >= 4 is 17.5 Å². The number of hydrogen-bond donors (Lipinski definition) is 2. The van der Waals surface area contributed by atoms with Crippen LogP contribution in [0.5, 0.6) is 23.0 Å². The third kappa shape index (κ3) is 3.74. The monoisotopic (exact) mass is 344 g/mol. The van der Waals surface area contributed by atoms with Gasteiger partial charge >= 0.3 is 0 Å². The van der Waals surface area contributed by atoms with E-state index in [0.717, 1.165) is 0 Å². The summed E-state index contributed by atoms with van der Waals surface area (Å²) in [5.41, 5.74) is 5.98. The zero-order valence-electron chi connectivity index (χ0n) is 13.4. The molecule has 8 nitrogen and oxygen atoms in total. The summed E-state index contributed by atoms with van der Waals surface area (Å²) in [6.07, 6.45) is 0. The number of benzene rings is 2. The minimum Gasteiger partial charge on any atom is -0.493 e. The molecule has 0 radical (unpaired) electrons. The second-order valence-corrected chi connectivity index (χ2v) is 5.14. The largest absolute Gasteiger partial charge is 0.493 e. The summed E-state index contributed by atoms with van der Waals surface area (Å²) in [7, 11) is 1.44. The van der Waals surface area contributed by atoms with Crippen LogP contribution in [-0.2, 0) is 4.79 Å². The Morgan fingerprint density at radius 3 is 2.68 bits per heavy atom. The standard InChI is InChI=1S/C17H16N2O6/c1-22-14-6-10(2-4-12(14)23-8-16(18)20)17(21)19-11-3-5-13-15(7-11)25-9-24-13/h2-7H,8-9H2,1H3,(H2,18,20)(H,19,21). The quantitative estimate of drug-likeness (QED) is 0.823. The lowest BCUT2D eigenvalue weighted by Crippen LogP contribution is -2.20. The number of carbonyl (C=O) groups is 2. The fourth-order valence-electron chi connectivity index (χ4n) is 2.25. The van der Waals surface area contributed by atoms with E-state index < -0.39 is 5.91 Å². The van der Waals surface area contributed by atoms with Gasteiger partial charge in [0.25, 0.3) is 11.8 Å². The van der Waals surface area contributed by atoms with Gasteiger partial charge < -0.3 is 30.0 Å². The predicted octanol–water partition coefficient (Wildman–Crippen LogP) is 1.54. The molecule has 2 aromatic rings. The number of fused-ring (bicyclic) bond motifs is 1. The molecule has 0 fully saturated rings. The van der Waals surface area contributed by atoms with Gasteiger partial charge in [-0.1, -0.05) is 0 Å². The van der Waals surface area contributed by atoms with Gasteiger partial charge in [0.1, 0.15) is 0 Å². The Balaban J connectivity index is 1.74. The molecule has 0 unspecified atom stereocenters. The average molecular weight is 344 g/mol. The van der Waals surface area contributed by atoms with Crippen LogP contribution in [0.4, 0.5) is 5.69 Å².